The number of likely N-dealkylation sites (N-methyl/N-ethyl adjacent to an activating group) is 1. The minimum absolute atomic E-state index is 0.154. The summed E-state index contributed by atoms with van der Waals surface area (Å²) in [5, 5.41) is 2.57. The number of hydrogen-bond acceptors (Lipinski definition) is 4. The van der Waals surface area contributed by atoms with Crippen molar-refractivity contribution in [1.82, 2.24) is 15.1 Å². The lowest BCUT2D eigenvalue weighted by molar-refractivity contribution is -0.138. The molecule has 0 aliphatic carbocycles. The summed E-state index contributed by atoms with van der Waals surface area (Å²) in [5.41, 5.74) is -0.965. The van der Waals surface area contributed by atoms with Gasteiger partial charge in [-0.2, -0.15) is 0 Å². The van der Waals surface area contributed by atoms with Crippen LogP contribution >= 0.6 is 0 Å². The van der Waals surface area contributed by atoms with Gasteiger partial charge in [-0.3, -0.25) is 14.5 Å². The average molecular weight is 417 g/mol. The monoisotopic (exact) mass is 417 g/mol. The van der Waals surface area contributed by atoms with E-state index in [1.165, 1.54) is 67.4 Å². The molecular formula is C21H21F2N3O4. The van der Waals surface area contributed by atoms with E-state index in [1.54, 1.807) is 0 Å². The molecule has 1 atom stereocenters. The third-order valence-corrected chi connectivity index (χ3v) is 4.92. The Balaban J connectivity index is 1.57. The van der Waals surface area contributed by atoms with E-state index in [0.29, 0.717) is 11.3 Å². The van der Waals surface area contributed by atoms with Crippen LogP contribution in [0, 0.1) is 11.6 Å². The standard InChI is InChI=1S/C21H21F2N3O4/c1-21(14-3-5-15(22)6-4-14)19(28)26(20(29)24-21)13-18(27)25(2)11-12-30-17-9-7-16(23)8-10-17/h3-10H,11-13H2,1-2H3,(H,24,29). The van der Waals surface area contributed by atoms with Gasteiger partial charge in [0, 0.05) is 7.05 Å². The van der Waals surface area contributed by atoms with Crippen LogP contribution in [-0.4, -0.2) is 54.4 Å². The molecular weight excluding hydrogens is 396 g/mol. The van der Waals surface area contributed by atoms with Crippen molar-refractivity contribution in [1.29, 1.82) is 0 Å². The predicted molar refractivity (Wildman–Crippen MR) is 104 cm³/mol. The maximum atomic E-state index is 13.2. The third-order valence-electron chi connectivity index (χ3n) is 4.92. The fourth-order valence-corrected chi connectivity index (χ4v) is 3.03. The molecule has 30 heavy (non-hydrogen) atoms. The van der Waals surface area contributed by atoms with E-state index in [4.69, 9.17) is 4.74 Å². The molecule has 0 radical (unpaired) electrons. The lowest BCUT2D eigenvalue weighted by atomic mass is 9.92. The molecule has 1 fully saturated rings. The van der Waals surface area contributed by atoms with Crippen LogP contribution in [0.15, 0.2) is 48.5 Å². The van der Waals surface area contributed by atoms with E-state index in [1.807, 2.05) is 0 Å². The van der Waals surface area contributed by atoms with Gasteiger partial charge in [-0.15, -0.1) is 0 Å². The Labute approximate surface area is 172 Å². The van der Waals surface area contributed by atoms with Crippen LogP contribution in [-0.2, 0) is 15.1 Å². The molecule has 2 aromatic rings. The largest absolute Gasteiger partial charge is 0.492 e. The Kier molecular flexibility index (Phi) is 6.00. The normalized spacial score (nSPS) is 18.3. The van der Waals surface area contributed by atoms with Crippen LogP contribution in [0.4, 0.5) is 13.6 Å². The number of urea groups is 1. The average Bonchev–Trinajstić information content (AvgIpc) is 2.93. The van der Waals surface area contributed by atoms with E-state index in [0.717, 1.165) is 4.90 Å². The molecule has 1 aliphatic heterocycles. The molecule has 0 bridgehead atoms. The van der Waals surface area contributed by atoms with Gasteiger partial charge in [0.25, 0.3) is 5.91 Å². The Hall–Kier alpha value is -3.49. The second kappa shape index (κ2) is 8.48. The highest BCUT2D eigenvalue weighted by atomic mass is 19.1. The summed E-state index contributed by atoms with van der Waals surface area (Å²) >= 11 is 0. The van der Waals surface area contributed by atoms with Gasteiger partial charge in [0.2, 0.25) is 5.91 Å². The number of benzene rings is 2. The quantitative estimate of drug-likeness (QED) is 0.701. The summed E-state index contributed by atoms with van der Waals surface area (Å²) in [6, 6.07) is 10.00. The van der Waals surface area contributed by atoms with Crippen molar-refractivity contribution >= 4 is 17.8 Å². The van der Waals surface area contributed by atoms with Crippen molar-refractivity contribution in [2.45, 2.75) is 12.5 Å². The predicted octanol–water partition coefficient (Wildman–Crippen LogP) is 2.27. The Morgan fingerprint density at radius 3 is 2.23 bits per heavy atom. The van der Waals surface area contributed by atoms with Crippen LogP contribution < -0.4 is 10.1 Å². The molecule has 1 aliphatic rings. The summed E-state index contributed by atoms with van der Waals surface area (Å²) in [4.78, 5) is 39.8. The van der Waals surface area contributed by atoms with Crippen molar-refractivity contribution in [2.24, 2.45) is 0 Å². The smallest absolute Gasteiger partial charge is 0.325 e. The van der Waals surface area contributed by atoms with Crippen molar-refractivity contribution < 1.29 is 27.9 Å². The minimum atomic E-state index is -1.38. The molecule has 158 valence electrons. The first-order chi connectivity index (χ1) is 14.2. The van der Waals surface area contributed by atoms with Gasteiger partial charge in [0.05, 0.1) is 6.54 Å². The third kappa shape index (κ3) is 4.40. The van der Waals surface area contributed by atoms with Gasteiger partial charge in [-0.25, -0.2) is 13.6 Å². The summed E-state index contributed by atoms with van der Waals surface area (Å²) in [6.07, 6.45) is 0. The van der Waals surface area contributed by atoms with Gasteiger partial charge in [0.15, 0.2) is 0 Å². The molecule has 4 amide bonds. The van der Waals surface area contributed by atoms with Gasteiger partial charge >= 0.3 is 6.03 Å². The number of amides is 4. The molecule has 0 saturated carbocycles. The SMILES string of the molecule is CN(CCOc1ccc(F)cc1)C(=O)CN1C(=O)NC(C)(c2ccc(F)cc2)C1=O. The fraction of sp³-hybridized carbons (Fsp3) is 0.286. The van der Waals surface area contributed by atoms with E-state index in [9.17, 15) is 23.2 Å². The Morgan fingerprint density at radius 2 is 1.63 bits per heavy atom. The first kappa shape index (κ1) is 21.2. The van der Waals surface area contributed by atoms with Crippen molar-refractivity contribution in [3.63, 3.8) is 0 Å². The van der Waals surface area contributed by atoms with Gasteiger partial charge in [-0.1, -0.05) is 12.1 Å². The zero-order chi connectivity index (χ0) is 21.9. The molecule has 9 heteroatoms. The molecule has 1 saturated heterocycles. The highest BCUT2D eigenvalue weighted by molar-refractivity contribution is 6.09. The van der Waals surface area contributed by atoms with E-state index >= 15 is 0 Å². The van der Waals surface area contributed by atoms with Crippen LogP contribution in [0.1, 0.15) is 12.5 Å². The Morgan fingerprint density at radius 1 is 1.07 bits per heavy atom. The molecule has 1 heterocycles. The van der Waals surface area contributed by atoms with Crippen LogP contribution in [0.5, 0.6) is 5.75 Å². The number of imide groups is 1. The lowest BCUT2D eigenvalue weighted by Gasteiger charge is -2.23. The number of nitrogens with one attached hydrogen (secondary N) is 1. The molecule has 7 nitrogen and oxygen atoms in total. The van der Waals surface area contributed by atoms with Crippen LogP contribution in [0.2, 0.25) is 0 Å². The number of rotatable bonds is 7. The summed E-state index contributed by atoms with van der Waals surface area (Å²) in [5.74, 6) is -1.43. The van der Waals surface area contributed by atoms with Crippen LogP contribution in [0.25, 0.3) is 0 Å². The van der Waals surface area contributed by atoms with Gasteiger partial charge in [0.1, 0.15) is 36.1 Å². The summed E-state index contributed by atoms with van der Waals surface area (Å²) < 4.78 is 31.5. The van der Waals surface area contributed by atoms with Gasteiger partial charge in [-0.05, 0) is 48.9 Å². The van der Waals surface area contributed by atoms with Crippen molar-refractivity contribution in [3.8, 4) is 5.75 Å². The van der Waals surface area contributed by atoms with E-state index in [-0.39, 0.29) is 19.0 Å². The molecule has 0 aromatic heterocycles. The lowest BCUT2D eigenvalue weighted by Crippen LogP contribution is -2.44. The highest BCUT2D eigenvalue weighted by Gasteiger charge is 2.49. The van der Waals surface area contributed by atoms with E-state index in [2.05, 4.69) is 5.32 Å². The first-order valence-corrected chi connectivity index (χ1v) is 9.23. The molecule has 3 rings (SSSR count). The van der Waals surface area contributed by atoms with Crippen molar-refractivity contribution in [2.75, 3.05) is 26.7 Å². The maximum absolute atomic E-state index is 13.2. The molecule has 2 aromatic carbocycles. The zero-order valence-electron chi connectivity index (χ0n) is 16.5. The zero-order valence-corrected chi connectivity index (χ0v) is 16.5. The minimum Gasteiger partial charge on any atom is -0.492 e. The number of hydrogen-bond donors (Lipinski definition) is 1. The molecule has 1 unspecified atom stereocenters. The number of ether oxygens (including phenoxy) is 1. The molecule has 0 spiro atoms. The number of carbonyl (C=O) groups excluding carboxylic acids is 3. The van der Waals surface area contributed by atoms with E-state index < -0.39 is 35.7 Å². The highest BCUT2D eigenvalue weighted by Crippen LogP contribution is 2.28. The number of halogens is 2. The number of carbonyl (C=O) groups is 3. The number of nitrogens with zero attached hydrogens (tertiary/aromatic N) is 2. The first-order valence-electron chi connectivity index (χ1n) is 9.23. The second-order valence-electron chi connectivity index (χ2n) is 7.07. The second-order valence-corrected chi connectivity index (χ2v) is 7.07. The maximum Gasteiger partial charge on any atom is 0.325 e. The van der Waals surface area contributed by atoms with Gasteiger partial charge < -0.3 is 15.0 Å². The molecule has 1 N–H and O–H groups in total. The summed E-state index contributed by atoms with van der Waals surface area (Å²) in [7, 11) is 1.52. The summed E-state index contributed by atoms with van der Waals surface area (Å²) in [6.45, 7) is 1.43. The Bertz CT molecular complexity index is 950. The van der Waals surface area contributed by atoms with Crippen LogP contribution in [0.3, 0.4) is 0 Å². The topological polar surface area (TPSA) is 79.0 Å². The fourth-order valence-electron chi connectivity index (χ4n) is 3.03. The van der Waals surface area contributed by atoms with Crippen molar-refractivity contribution in [3.05, 3.63) is 65.7 Å².